The van der Waals surface area contributed by atoms with Crippen LogP contribution in [0.15, 0.2) is 79.1 Å². The van der Waals surface area contributed by atoms with Gasteiger partial charge < -0.3 is 13.9 Å². The molecular formula is C31H39N3O2. The second-order valence-corrected chi connectivity index (χ2v) is 9.25. The van der Waals surface area contributed by atoms with E-state index < -0.39 is 0 Å². The zero-order valence-corrected chi connectivity index (χ0v) is 21.9. The van der Waals surface area contributed by atoms with Crippen molar-refractivity contribution < 1.29 is 9.47 Å². The topological polar surface area (TPSA) is 39.0 Å². The Hall–Kier alpha value is -3.31. The third kappa shape index (κ3) is 6.67. The van der Waals surface area contributed by atoms with Gasteiger partial charge in [0.1, 0.15) is 12.4 Å². The van der Waals surface area contributed by atoms with Crippen molar-refractivity contribution in [3.05, 3.63) is 84.7 Å². The molecule has 0 saturated carbocycles. The summed E-state index contributed by atoms with van der Waals surface area (Å²) in [4.78, 5) is 7.39. The van der Waals surface area contributed by atoms with E-state index >= 15 is 0 Å². The van der Waals surface area contributed by atoms with E-state index in [-0.39, 0.29) is 6.23 Å². The zero-order valence-electron chi connectivity index (χ0n) is 21.9. The first-order valence-electron chi connectivity index (χ1n) is 13.4. The minimum Gasteiger partial charge on any atom is -0.485 e. The van der Waals surface area contributed by atoms with Gasteiger partial charge in [0.05, 0.1) is 5.69 Å². The highest BCUT2D eigenvalue weighted by atomic mass is 16.5. The van der Waals surface area contributed by atoms with Gasteiger partial charge in [-0.1, -0.05) is 63.9 Å². The Morgan fingerprint density at radius 2 is 1.58 bits per heavy atom. The SMILES string of the molecule is CCCCN(CCCC)C(CC)Oc1ccc(-c2cn3cccc(OCc4ccccc4)c3n2)cc1. The van der Waals surface area contributed by atoms with Crippen molar-refractivity contribution in [2.45, 2.75) is 65.7 Å². The normalized spacial score (nSPS) is 12.2. The average molecular weight is 486 g/mol. The summed E-state index contributed by atoms with van der Waals surface area (Å²) in [6.45, 7) is 9.39. The Morgan fingerprint density at radius 3 is 2.25 bits per heavy atom. The Bertz CT molecular complexity index is 1180. The monoisotopic (exact) mass is 485 g/mol. The van der Waals surface area contributed by atoms with Crippen LogP contribution in [0.3, 0.4) is 0 Å². The van der Waals surface area contributed by atoms with E-state index in [0.717, 1.165) is 53.5 Å². The molecule has 0 radical (unpaired) electrons. The first-order chi connectivity index (χ1) is 17.7. The van der Waals surface area contributed by atoms with Crippen molar-refractivity contribution in [1.82, 2.24) is 14.3 Å². The smallest absolute Gasteiger partial charge is 0.180 e. The van der Waals surface area contributed by atoms with Crippen LogP contribution in [0.4, 0.5) is 0 Å². The number of imidazole rings is 1. The van der Waals surface area contributed by atoms with E-state index in [2.05, 4.69) is 62.1 Å². The summed E-state index contributed by atoms with van der Waals surface area (Å²) >= 11 is 0. The van der Waals surface area contributed by atoms with E-state index in [9.17, 15) is 0 Å². The molecular weight excluding hydrogens is 446 g/mol. The van der Waals surface area contributed by atoms with Gasteiger partial charge in [0, 0.05) is 31.0 Å². The van der Waals surface area contributed by atoms with Gasteiger partial charge in [-0.05, 0) is 61.2 Å². The lowest BCUT2D eigenvalue weighted by Gasteiger charge is -2.31. The van der Waals surface area contributed by atoms with Gasteiger partial charge in [-0.25, -0.2) is 4.98 Å². The molecule has 5 nitrogen and oxygen atoms in total. The van der Waals surface area contributed by atoms with Crippen molar-refractivity contribution in [1.29, 1.82) is 0 Å². The number of hydrogen-bond acceptors (Lipinski definition) is 4. The Balaban J connectivity index is 1.46. The summed E-state index contributed by atoms with van der Waals surface area (Å²) in [5, 5.41) is 0. The summed E-state index contributed by atoms with van der Waals surface area (Å²) in [5.41, 5.74) is 3.92. The maximum absolute atomic E-state index is 6.44. The van der Waals surface area contributed by atoms with Crippen molar-refractivity contribution >= 4 is 5.65 Å². The second-order valence-electron chi connectivity index (χ2n) is 9.25. The Morgan fingerprint density at radius 1 is 0.861 bits per heavy atom. The second kappa shape index (κ2) is 13.1. The maximum Gasteiger partial charge on any atom is 0.180 e. The van der Waals surface area contributed by atoms with Crippen LogP contribution in [-0.2, 0) is 6.61 Å². The summed E-state index contributed by atoms with van der Waals surface area (Å²) in [5.74, 6) is 1.68. The van der Waals surface area contributed by atoms with Crippen molar-refractivity contribution in [3.8, 4) is 22.8 Å². The first-order valence-corrected chi connectivity index (χ1v) is 13.4. The molecule has 36 heavy (non-hydrogen) atoms. The van der Waals surface area contributed by atoms with Crippen molar-refractivity contribution in [2.75, 3.05) is 13.1 Å². The van der Waals surface area contributed by atoms with E-state index in [1.807, 2.05) is 47.1 Å². The molecule has 1 atom stereocenters. The number of benzene rings is 2. The van der Waals surface area contributed by atoms with Crippen LogP contribution in [0.5, 0.6) is 11.5 Å². The predicted octanol–water partition coefficient (Wildman–Crippen LogP) is 7.60. The molecule has 1 unspecified atom stereocenters. The molecule has 0 aliphatic carbocycles. The highest BCUT2D eigenvalue weighted by Crippen LogP contribution is 2.27. The van der Waals surface area contributed by atoms with Gasteiger partial charge in [-0.15, -0.1) is 0 Å². The number of hydrogen-bond donors (Lipinski definition) is 0. The number of ether oxygens (including phenoxy) is 2. The lowest BCUT2D eigenvalue weighted by atomic mass is 10.1. The third-order valence-corrected chi connectivity index (χ3v) is 6.46. The van der Waals surface area contributed by atoms with Crippen molar-refractivity contribution in [2.24, 2.45) is 0 Å². The molecule has 190 valence electrons. The Labute approximate surface area is 215 Å². The number of unbranched alkanes of at least 4 members (excludes halogenated alkanes) is 2. The summed E-state index contributed by atoms with van der Waals surface area (Å²) < 4.78 is 14.6. The fourth-order valence-electron chi connectivity index (χ4n) is 4.37. The van der Waals surface area contributed by atoms with E-state index in [1.165, 1.54) is 25.7 Å². The summed E-state index contributed by atoms with van der Waals surface area (Å²) in [6.07, 6.45) is 9.93. The molecule has 5 heteroatoms. The van der Waals surface area contributed by atoms with Gasteiger partial charge in [-0.2, -0.15) is 0 Å². The van der Waals surface area contributed by atoms with Gasteiger partial charge in [0.15, 0.2) is 17.6 Å². The highest BCUT2D eigenvalue weighted by Gasteiger charge is 2.18. The number of fused-ring (bicyclic) bond motifs is 1. The minimum atomic E-state index is 0.105. The van der Waals surface area contributed by atoms with Crippen LogP contribution in [0.1, 0.15) is 58.4 Å². The van der Waals surface area contributed by atoms with Gasteiger partial charge in [-0.3, -0.25) is 4.90 Å². The summed E-state index contributed by atoms with van der Waals surface area (Å²) in [7, 11) is 0. The van der Waals surface area contributed by atoms with E-state index in [4.69, 9.17) is 14.5 Å². The number of rotatable bonds is 14. The fourth-order valence-corrected chi connectivity index (χ4v) is 4.37. The van der Waals surface area contributed by atoms with Crippen LogP contribution in [0.25, 0.3) is 16.9 Å². The summed E-state index contributed by atoms with van der Waals surface area (Å²) in [6, 6.07) is 22.5. The van der Waals surface area contributed by atoms with Gasteiger partial charge >= 0.3 is 0 Å². The standard InChI is InChI=1S/C31H39N3O2/c1-4-7-20-33(21-8-5-2)30(6-3)36-27-18-16-26(17-19-27)28-23-34-22-12-15-29(31(34)32-28)35-24-25-13-10-9-11-14-25/h9-19,22-23,30H,4-8,20-21,24H2,1-3H3. The van der Waals surface area contributed by atoms with Crippen LogP contribution < -0.4 is 9.47 Å². The molecule has 2 aromatic carbocycles. The third-order valence-electron chi connectivity index (χ3n) is 6.46. The van der Waals surface area contributed by atoms with Crippen LogP contribution in [0.2, 0.25) is 0 Å². The molecule has 0 N–H and O–H groups in total. The Kier molecular flexibility index (Phi) is 9.40. The molecule has 0 saturated heterocycles. The first kappa shape index (κ1) is 25.8. The van der Waals surface area contributed by atoms with Crippen LogP contribution in [0, 0.1) is 0 Å². The van der Waals surface area contributed by atoms with Gasteiger partial charge in [0.2, 0.25) is 0 Å². The molecule has 0 bridgehead atoms. The molecule has 4 aromatic rings. The molecule has 0 spiro atoms. The molecule has 0 aliphatic heterocycles. The molecule has 0 fully saturated rings. The lowest BCUT2D eigenvalue weighted by Crippen LogP contribution is -2.40. The minimum absolute atomic E-state index is 0.105. The fraction of sp³-hybridized carbons (Fsp3) is 0.387. The predicted molar refractivity (Wildman–Crippen MR) is 147 cm³/mol. The molecule has 0 amide bonds. The maximum atomic E-state index is 6.44. The quantitative estimate of drug-likeness (QED) is 0.172. The van der Waals surface area contributed by atoms with Crippen molar-refractivity contribution in [3.63, 3.8) is 0 Å². The average Bonchev–Trinajstić information content (AvgIpc) is 3.37. The largest absolute Gasteiger partial charge is 0.485 e. The molecule has 2 heterocycles. The van der Waals surface area contributed by atoms with E-state index in [0.29, 0.717) is 6.61 Å². The highest BCUT2D eigenvalue weighted by molar-refractivity contribution is 5.66. The van der Waals surface area contributed by atoms with Gasteiger partial charge in [0.25, 0.3) is 0 Å². The number of pyridine rings is 1. The zero-order chi connectivity index (χ0) is 25.2. The van der Waals surface area contributed by atoms with E-state index in [1.54, 1.807) is 0 Å². The number of aromatic nitrogens is 2. The molecule has 0 aliphatic rings. The van der Waals surface area contributed by atoms with Crippen LogP contribution in [-0.4, -0.2) is 33.6 Å². The number of nitrogens with zero attached hydrogens (tertiary/aromatic N) is 3. The lowest BCUT2D eigenvalue weighted by molar-refractivity contribution is 0.0202. The van der Waals surface area contributed by atoms with Crippen LogP contribution >= 0.6 is 0 Å². The molecule has 4 rings (SSSR count). The molecule has 2 aromatic heterocycles.